The van der Waals surface area contributed by atoms with Gasteiger partial charge in [0.1, 0.15) is 11.6 Å². The third kappa shape index (κ3) is 3.68. The predicted octanol–water partition coefficient (Wildman–Crippen LogP) is 5.33. The molecule has 0 fully saturated rings. The monoisotopic (exact) mass is 306 g/mol. The van der Waals surface area contributed by atoms with Crippen molar-refractivity contribution in [3.05, 3.63) is 53.8 Å². The van der Waals surface area contributed by atoms with Crippen molar-refractivity contribution in [1.82, 2.24) is 0 Å². The zero-order valence-electron chi connectivity index (χ0n) is 10.3. The summed E-state index contributed by atoms with van der Waals surface area (Å²) in [4.78, 5) is 0. The fourth-order valence-corrected chi connectivity index (χ4v) is 1.85. The van der Waals surface area contributed by atoms with Gasteiger partial charge in [-0.15, -0.1) is 13.2 Å². The van der Waals surface area contributed by atoms with Crippen molar-refractivity contribution >= 4 is 0 Å². The van der Waals surface area contributed by atoms with Crippen molar-refractivity contribution in [2.45, 2.75) is 12.8 Å². The Morgan fingerprint density at radius 2 is 1.57 bits per heavy atom. The lowest BCUT2D eigenvalue weighted by molar-refractivity contribution is -0.274. The van der Waals surface area contributed by atoms with Gasteiger partial charge in [-0.05, 0) is 29.8 Å². The molecule has 0 amide bonds. The summed E-state index contributed by atoms with van der Waals surface area (Å²) in [6, 6.07) is 7.13. The number of alkyl halides is 5. The lowest BCUT2D eigenvalue weighted by atomic mass is 9.99. The second kappa shape index (κ2) is 5.67. The lowest BCUT2D eigenvalue weighted by Gasteiger charge is -2.15. The molecular formula is C14H8F6O. The summed E-state index contributed by atoms with van der Waals surface area (Å²) in [6.45, 7) is 0. The van der Waals surface area contributed by atoms with Crippen molar-refractivity contribution in [3.8, 4) is 16.9 Å². The van der Waals surface area contributed by atoms with E-state index in [1.54, 1.807) is 0 Å². The van der Waals surface area contributed by atoms with E-state index in [9.17, 15) is 26.3 Å². The van der Waals surface area contributed by atoms with Crippen LogP contribution in [0.2, 0.25) is 0 Å². The first-order valence-electron chi connectivity index (χ1n) is 5.70. The molecule has 0 atom stereocenters. The second-order valence-electron chi connectivity index (χ2n) is 4.08. The molecule has 0 aliphatic heterocycles. The van der Waals surface area contributed by atoms with Crippen LogP contribution in [0.15, 0.2) is 42.5 Å². The maximum Gasteiger partial charge on any atom is 0.573 e. The van der Waals surface area contributed by atoms with Crippen LogP contribution >= 0.6 is 0 Å². The molecule has 0 saturated heterocycles. The molecule has 0 spiro atoms. The highest BCUT2D eigenvalue weighted by Crippen LogP contribution is 2.38. The summed E-state index contributed by atoms with van der Waals surface area (Å²) in [5.74, 6) is -1.51. The number of hydrogen-bond donors (Lipinski definition) is 0. The van der Waals surface area contributed by atoms with E-state index >= 15 is 0 Å². The zero-order valence-corrected chi connectivity index (χ0v) is 10.3. The van der Waals surface area contributed by atoms with Crippen LogP contribution in [-0.2, 0) is 0 Å². The van der Waals surface area contributed by atoms with E-state index in [1.807, 2.05) is 0 Å². The van der Waals surface area contributed by atoms with Crippen LogP contribution in [-0.4, -0.2) is 6.36 Å². The predicted molar refractivity (Wildman–Crippen MR) is 63.5 cm³/mol. The van der Waals surface area contributed by atoms with Crippen LogP contribution in [0.5, 0.6) is 5.75 Å². The molecule has 0 aromatic heterocycles. The molecule has 7 heteroatoms. The van der Waals surface area contributed by atoms with Crippen molar-refractivity contribution in [1.29, 1.82) is 0 Å². The van der Waals surface area contributed by atoms with Gasteiger partial charge in [-0.1, -0.05) is 18.2 Å². The van der Waals surface area contributed by atoms with E-state index in [0.29, 0.717) is 0 Å². The maximum atomic E-state index is 13.3. The normalized spacial score (nSPS) is 11.8. The Balaban J connectivity index is 2.59. The number of hydrogen-bond acceptors (Lipinski definition) is 1. The maximum absolute atomic E-state index is 13.3. The first-order chi connectivity index (χ1) is 9.78. The quantitative estimate of drug-likeness (QED) is 0.696. The smallest absolute Gasteiger partial charge is 0.405 e. The Morgan fingerprint density at radius 3 is 2.19 bits per heavy atom. The largest absolute Gasteiger partial charge is 0.573 e. The summed E-state index contributed by atoms with van der Waals surface area (Å²) in [5.41, 5.74) is -1.18. The molecule has 21 heavy (non-hydrogen) atoms. The van der Waals surface area contributed by atoms with E-state index in [2.05, 4.69) is 4.74 Å². The topological polar surface area (TPSA) is 9.23 Å². The Bertz CT molecular complexity index is 636. The van der Waals surface area contributed by atoms with E-state index in [4.69, 9.17) is 0 Å². The highest BCUT2D eigenvalue weighted by atomic mass is 19.4. The molecule has 0 radical (unpaired) electrons. The Labute approximate surface area is 115 Å². The molecule has 0 heterocycles. The van der Waals surface area contributed by atoms with Gasteiger partial charge in [-0.2, -0.15) is 0 Å². The van der Waals surface area contributed by atoms with Gasteiger partial charge in [-0.3, -0.25) is 0 Å². The summed E-state index contributed by atoms with van der Waals surface area (Å²) in [5, 5.41) is 0. The third-order valence-electron chi connectivity index (χ3n) is 2.65. The number of rotatable bonds is 3. The minimum atomic E-state index is -4.98. The Kier molecular flexibility index (Phi) is 4.11. The Morgan fingerprint density at radius 1 is 0.905 bits per heavy atom. The van der Waals surface area contributed by atoms with E-state index in [-0.39, 0.29) is 11.1 Å². The first kappa shape index (κ1) is 15.2. The van der Waals surface area contributed by atoms with Gasteiger partial charge in [0, 0.05) is 11.1 Å². The molecule has 0 bridgehead atoms. The van der Waals surface area contributed by atoms with Crippen LogP contribution in [0, 0.1) is 5.82 Å². The van der Waals surface area contributed by atoms with Crippen molar-refractivity contribution in [2.24, 2.45) is 0 Å². The second-order valence-corrected chi connectivity index (χ2v) is 4.08. The van der Waals surface area contributed by atoms with Crippen LogP contribution in [0.4, 0.5) is 26.3 Å². The molecule has 0 N–H and O–H groups in total. The molecule has 0 aliphatic rings. The van der Waals surface area contributed by atoms with Crippen LogP contribution < -0.4 is 4.74 Å². The molecule has 0 aliphatic carbocycles. The standard InChI is InChI=1S/C14H8F6O/c15-8-5-6-10(13(16)17)11(7-8)9-3-1-2-4-12(9)21-14(18,19)20/h1-7,13H. The van der Waals surface area contributed by atoms with E-state index in [0.717, 1.165) is 30.3 Å². The zero-order chi connectivity index (χ0) is 15.6. The highest BCUT2D eigenvalue weighted by Gasteiger charge is 2.32. The van der Waals surface area contributed by atoms with Gasteiger partial charge in [0.2, 0.25) is 0 Å². The fraction of sp³-hybridized carbons (Fsp3) is 0.143. The number of para-hydroxylation sites is 1. The molecule has 2 aromatic rings. The van der Waals surface area contributed by atoms with E-state index in [1.165, 1.54) is 12.1 Å². The van der Waals surface area contributed by atoms with Gasteiger partial charge >= 0.3 is 6.36 Å². The first-order valence-corrected chi connectivity index (χ1v) is 5.70. The van der Waals surface area contributed by atoms with Crippen LogP contribution in [0.25, 0.3) is 11.1 Å². The van der Waals surface area contributed by atoms with Crippen molar-refractivity contribution in [2.75, 3.05) is 0 Å². The third-order valence-corrected chi connectivity index (χ3v) is 2.65. The fourth-order valence-electron chi connectivity index (χ4n) is 1.85. The van der Waals surface area contributed by atoms with E-state index < -0.39 is 29.9 Å². The van der Waals surface area contributed by atoms with Gasteiger partial charge in [0.05, 0.1) is 0 Å². The van der Waals surface area contributed by atoms with Crippen molar-refractivity contribution in [3.63, 3.8) is 0 Å². The molecule has 0 saturated carbocycles. The summed E-state index contributed by atoms with van der Waals surface area (Å²) >= 11 is 0. The summed E-state index contributed by atoms with van der Waals surface area (Å²) < 4.78 is 79.9. The minimum absolute atomic E-state index is 0.260. The Hall–Kier alpha value is -2.18. The van der Waals surface area contributed by atoms with Gasteiger partial charge in [0.25, 0.3) is 6.43 Å². The van der Waals surface area contributed by atoms with Crippen molar-refractivity contribution < 1.29 is 31.1 Å². The number of ether oxygens (including phenoxy) is 1. The molecule has 2 rings (SSSR count). The minimum Gasteiger partial charge on any atom is -0.405 e. The lowest BCUT2D eigenvalue weighted by Crippen LogP contribution is -2.17. The highest BCUT2D eigenvalue weighted by molar-refractivity contribution is 5.73. The van der Waals surface area contributed by atoms with Gasteiger partial charge in [0.15, 0.2) is 0 Å². The molecule has 2 aromatic carbocycles. The van der Waals surface area contributed by atoms with Gasteiger partial charge in [-0.25, -0.2) is 13.2 Å². The average Bonchev–Trinajstić information content (AvgIpc) is 2.37. The average molecular weight is 306 g/mol. The van der Waals surface area contributed by atoms with Crippen LogP contribution in [0.3, 0.4) is 0 Å². The molecule has 112 valence electrons. The SMILES string of the molecule is Fc1ccc(C(F)F)c(-c2ccccc2OC(F)(F)F)c1. The molecule has 0 unspecified atom stereocenters. The summed E-state index contributed by atoms with van der Waals surface area (Å²) in [7, 11) is 0. The molecular weight excluding hydrogens is 298 g/mol. The number of benzene rings is 2. The molecule has 1 nitrogen and oxygen atoms in total. The number of halogens is 6. The van der Waals surface area contributed by atoms with Gasteiger partial charge < -0.3 is 4.74 Å². The van der Waals surface area contributed by atoms with Crippen LogP contribution in [0.1, 0.15) is 12.0 Å². The summed E-state index contributed by atoms with van der Waals surface area (Å²) in [6.07, 6.45) is -7.94.